The summed E-state index contributed by atoms with van der Waals surface area (Å²) in [6.45, 7) is 5.30. The van der Waals surface area contributed by atoms with Crippen LogP contribution in [0.5, 0.6) is 5.75 Å². The van der Waals surface area contributed by atoms with E-state index in [1.165, 1.54) is 6.07 Å². The summed E-state index contributed by atoms with van der Waals surface area (Å²) in [7, 11) is 0. The van der Waals surface area contributed by atoms with E-state index in [1.807, 2.05) is 11.8 Å². The Labute approximate surface area is 172 Å². The lowest BCUT2D eigenvalue weighted by Gasteiger charge is -2.37. The van der Waals surface area contributed by atoms with Crippen LogP contribution in [0.4, 0.5) is 18.9 Å². The lowest BCUT2D eigenvalue weighted by molar-refractivity contribution is -0.138. The van der Waals surface area contributed by atoms with Crippen LogP contribution >= 0.6 is 11.6 Å². The zero-order valence-corrected chi connectivity index (χ0v) is 16.9. The summed E-state index contributed by atoms with van der Waals surface area (Å²) in [4.78, 5) is 16.3. The second kappa shape index (κ2) is 8.53. The quantitative estimate of drug-likeness (QED) is 0.705. The largest absolute Gasteiger partial charge is 0.481 e. The molecule has 1 unspecified atom stereocenters. The predicted molar refractivity (Wildman–Crippen MR) is 107 cm³/mol. The highest BCUT2D eigenvalue weighted by atomic mass is 35.5. The lowest BCUT2D eigenvalue weighted by Crippen LogP contribution is -2.52. The zero-order chi connectivity index (χ0) is 21.2. The predicted octanol–water partition coefficient (Wildman–Crippen LogP) is 4.78. The molecule has 1 aliphatic rings. The van der Waals surface area contributed by atoms with Crippen LogP contribution in [0, 0.1) is 6.92 Å². The molecule has 0 saturated carbocycles. The average molecular weight is 427 g/mol. The maximum absolute atomic E-state index is 12.9. The van der Waals surface area contributed by atoms with Crippen molar-refractivity contribution in [1.29, 1.82) is 0 Å². The van der Waals surface area contributed by atoms with E-state index in [9.17, 15) is 18.0 Å². The molecule has 4 nitrogen and oxygen atoms in total. The average Bonchev–Trinajstić information content (AvgIpc) is 2.69. The molecule has 1 aliphatic heterocycles. The van der Waals surface area contributed by atoms with Crippen LogP contribution in [0.15, 0.2) is 42.5 Å². The number of carbonyl (C=O) groups excluding carboxylic acids is 1. The number of halogens is 4. The second-order valence-electron chi connectivity index (χ2n) is 7.03. The Hall–Kier alpha value is -2.41. The fraction of sp³-hybridized carbons (Fsp3) is 0.381. The summed E-state index contributed by atoms with van der Waals surface area (Å²) in [5.74, 6) is 0.445. The van der Waals surface area contributed by atoms with Gasteiger partial charge in [0.15, 0.2) is 6.10 Å². The highest BCUT2D eigenvalue weighted by Crippen LogP contribution is 2.32. The SMILES string of the molecule is Cc1cc(Cl)ccc1OC(C)C(=O)N1CCN(c2cccc(C(F)(F)F)c2)CC1. The van der Waals surface area contributed by atoms with Gasteiger partial charge in [0.25, 0.3) is 5.91 Å². The molecule has 0 aromatic heterocycles. The number of hydrogen-bond acceptors (Lipinski definition) is 3. The molecule has 0 aliphatic carbocycles. The first-order chi connectivity index (χ1) is 13.6. The Morgan fingerprint density at radius 3 is 2.41 bits per heavy atom. The maximum atomic E-state index is 12.9. The summed E-state index contributed by atoms with van der Waals surface area (Å²) >= 11 is 5.94. The number of aryl methyl sites for hydroxylation is 1. The van der Waals surface area contributed by atoms with Gasteiger partial charge in [0.2, 0.25) is 0 Å². The van der Waals surface area contributed by atoms with E-state index in [1.54, 1.807) is 36.1 Å². The smallest absolute Gasteiger partial charge is 0.416 e. The fourth-order valence-corrected chi connectivity index (χ4v) is 3.53. The Bertz CT molecular complexity index is 880. The molecule has 0 N–H and O–H groups in total. The molecule has 29 heavy (non-hydrogen) atoms. The molecule has 1 amide bonds. The molecule has 2 aromatic carbocycles. The molecule has 2 aromatic rings. The summed E-state index contributed by atoms with van der Waals surface area (Å²) in [5, 5.41) is 0.597. The normalized spacial score (nSPS) is 15.9. The van der Waals surface area contributed by atoms with Crippen molar-refractivity contribution >= 4 is 23.2 Å². The van der Waals surface area contributed by atoms with Gasteiger partial charge >= 0.3 is 6.18 Å². The van der Waals surface area contributed by atoms with Crippen molar-refractivity contribution in [2.24, 2.45) is 0 Å². The zero-order valence-electron chi connectivity index (χ0n) is 16.2. The molecule has 156 valence electrons. The number of rotatable bonds is 4. The van der Waals surface area contributed by atoms with Gasteiger partial charge in [-0.25, -0.2) is 0 Å². The van der Waals surface area contributed by atoms with E-state index in [0.29, 0.717) is 42.6 Å². The van der Waals surface area contributed by atoms with Gasteiger partial charge in [0.1, 0.15) is 5.75 Å². The molecule has 1 heterocycles. The van der Waals surface area contributed by atoms with Crippen molar-refractivity contribution in [3.05, 3.63) is 58.6 Å². The third kappa shape index (κ3) is 5.15. The minimum Gasteiger partial charge on any atom is -0.481 e. The molecular weight excluding hydrogens is 405 g/mol. The highest BCUT2D eigenvalue weighted by Gasteiger charge is 2.31. The van der Waals surface area contributed by atoms with Gasteiger partial charge in [-0.2, -0.15) is 13.2 Å². The standard InChI is InChI=1S/C21H22ClF3N2O2/c1-14-12-17(22)6-7-19(14)29-15(2)20(28)27-10-8-26(9-11-27)18-5-3-4-16(13-18)21(23,24)25/h3-7,12-13,15H,8-11H2,1-2H3. The van der Waals surface area contributed by atoms with Crippen LogP contribution in [-0.2, 0) is 11.0 Å². The minimum atomic E-state index is -4.37. The lowest BCUT2D eigenvalue weighted by atomic mass is 10.1. The van der Waals surface area contributed by atoms with E-state index in [-0.39, 0.29) is 5.91 Å². The number of anilines is 1. The topological polar surface area (TPSA) is 32.8 Å². The minimum absolute atomic E-state index is 0.150. The Balaban J connectivity index is 1.59. The summed E-state index contributed by atoms with van der Waals surface area (Å²) in [5.41, 5.74) is 0.674. The van der Waals surface area contributed by atoms with E-state index in [4.69, 9.17) is 16.3 Å². The monoisotopic (exact) mass is 426 g/mol. The third-order valence-corrected chi connectivity index (χ3v) is 5.15. The van der Waals surface area contributed by atoms with Crippen LogP contribution in [0.25, 0.3) is 0 Å². The number of benzene rings is 2. The number of hydrogen-bond donors (Lipinski definition) is 0. The Kier molecular flexibility index (Phi) is 6.27. The first kappa shape index (κ1) is 21.3. The van der Waals surface area contributed by atoms with Crippen LogP contribution in [0.1, 0.15) is 18.1 Å². The molecule has 3 rings (SSSR count). The number of ether oxygens (including phenoxy) is 1. The van der Waals surface area contributed by atoms with Gasteiger partial charge in [-0.05, 0) is 55.8 Å². The molecule has 8 heteroatoms. The fourth-order valence-electron chi connectivity index (χ4n) is 3.31. The van der Waals surface area contributed by atoms with Crippen LogP contribution < -0.4 is 9.64 Å². The van der Waals surface area contributed by atoms with Crippen molar-refractivity contribution in [3.63, 3.8) is 0 Å². The first-order valence-electron chi connectivity index (χ1n) is 9.29. The van der Waals surface area contributed by atoms with E-state index < -0.39 is 17.8 Å². The van der Waals surface area contributed by atoms with Gasteiger partial charge in [-0.3, -0.25) is 4.79 Å². The summed E-state index contributed by atoms with van der Waals surface area (Å²) in [6.07, 6.45) is -5.05. The summed E-state index contributed by atoms with van der Waals surface area (Å²) < 4.78 is 44.6. The van der Waals surface area contributed by atoms with E-state index >= 15 is 0 Å². The number of carbonyl (C=O) groups is 1. The Morgan fingerprint density at radius 2 is 1.79 bits per heavy atom. The molecule has 0 spiro atoms. The van der Waals surface area contributed by atoms with Crippen molar-refractivity contribution in [2.75, 3.05) is 31.1 Å². The van der Waals surface area contributed by atoms with Crippen molar-refractivity contribution < 1.29 is 22.7 Å². The first-order valence-corrected chi connectivity index (χ1v) is 9.67. The van der Waals surface area contributed by atoms with Gasteiger partial charge in [0.05, 0.1) is 5.56 Å². The van der Waals surface area contributed by atoms with Gasteiger partial charge < -0.3 is 14.5 Å². The van der Waals surface area contributed by atoms with Crippen LogP contribution in [0.3, 0.4) is 0 Å². The number of piperazine rings is 1. The van der Waals surface area contributed by atoms with Gasteiger partial charge in [-0.15, -0.1) is 0 Å². The number of amides is 1. The number of nitrogens with zero attached hydrogens (tertiary/aromatic N) is 2. The molecule has 0 radical (unpaired) electrons. The van der Waals surface area contributed by atoms with Crippen LogP contribution in [0.2, 0.25) is 5.02 Å². The molecule has 0 bridgehead atoms. The molecule has 1 fully saturated rings. The molecule has 1 atom stereocenters. The van der Waals surface area contributed by atoms with Crippen LogP contribution in [-0.4, -0.2) is 43.1 Å². The van der Waals surface area contributed by atoms with E-state index in [2.05, 4.69) is 0 Å². The van der Waals surface area contributed by atoms with E-state index in [0.717, 1.165) is 17.7 Å². The van der Waals surface area contributed by atoms with Crippen molar-refractivity contribution in [2.45, 2.75) is 26.1 Å². The van der Waals surface area contributed by atoms with Gasteiger partial charge in [-0.1, -0.05) is 17.7 Å². The number of alkyl halides is 3. The highest BCUT2D eigenvalue weighted by molar-refractivity contribution is 6.30. The second-order valence-corrected chi connectivity index (χ2v) is 7.47. The van der Waals surface area contributed by atoms with Crippen molar-refractivity contribution in [1.82, 2.24) is 4.90 Å². The molecular formula is C21H22ClF3N2O2. The maximum Gasteiger partial charge on any atom is 0.416 e. The third-order valence-electron chi connectivity index (χ3n) is 4.92. The van der Waals surface area contributed by atoms with Gasteiger partial charge in [0, 0.05) is 36.9 Å². The summed E-state index contributed by atoms with van der Waals surface area (Å²) in [6, 6.07) is 10.5. The molecule has 1 saturated heterocycles. The Morgan fingerprint density at radius 1 is 1.10 bits per heavy atom. The van der Waals surface area contributed by atoms with Crippen molar-refractivity contribution in [3.8, 4) is 5.75 Å².